The normalized spacial score (nSPS) is 25.5. The highest BCUT2D eigenvalue weighted by Crippen LogP contribution is 2.53. The van der Waals surface area contributed by atoms with Crippen molar-refractivity contribution >= 4 is 29.3 Å². The van der Waals surface area contributed by atoms with Gasteiger partial charge in [0.15, 0.2) is 11.4 Å². The maximum absolute atomic E-state index is 14.1. The number of allylic oxidation sites excluding steroid dienone is 1. The minimum atomic E-state index is -2.56. The third-order valence-corrected chi connectivity index (χ3v) is 8.42. The molecule has 4 rings (SSSR count). The van der Waals surface area contributed by atoms with Crippen molar-refractivity contribution in [1.29, 1.82) is 0 Å². The second-order valence-electron chi connectivity index (χ2n) is 11.4. The summed E-state index contributed by atoms with van der Waals surface area (Å²) in [5.41, 5.74) is 4.13. The molecule has 4 atom stereocenters. The van der Waals surface area contributed by atoms with E-state index < -0.39 is 58.4 Å². The number of hydrogen-bond acceptors (Lipinski definition) is 10. The molecule has 0 fully saturated rings. The van der Waals surface area contributed by atoms with E-state index in [1.54, 1.807) is 51.0 Å². The number of fused-ring (bicyclic) bond motifs is 3. The number of nitrogens with one attached hydrogen (secondary N) is 1. The number of benzene rings is 1. The van der Waals surface area contributed by atoms with E-state index in [4.69, 9.17) is 10.5 Å². The molecule has 1 aromatic rings. The fourth-order valence-corrected chi connectivity index (χ4v) is 6.68. The van der Waals surface area contributed by atoms with Gasteiger partial charge in [-0.2, -0.15) is 0 Å². The number of alkyl carbamates (subject to hydrolysis) is 1. The fourth-order valence-electron chi connectivity index (χ4n) is 6.68. The van der Waals surface area contributed by atoms with Gasteiger partial charge in [0, 0.05) is 49.4 Å². The van der Waals surface area contributed by atoms with Crippen molar-refractivity contribution in [3.63, 3.8) is 0 Å². The second kappa shape index (κ2) is 10.8. The molecule has 12 heteroatoms. The number of ether oxygens (including phenoxy) is 1. The molecule has 222 valence electrons. The Kier molecular flexibility index (Phi) is 7.94. The first-order valence-electron chi connectivity index (χ1n) is 13.6. The Bertz CT molecular complexity index is 1400. The van der Waals surface area contributed by atoms with E-state index in [-0.39, 0.29) is 48.4 Å². The average Bonchev–Trinajstić information content (AvgIpc) is 2.88. The summed E-state index contributed by atoms with van der Waals surface area (Å²) in [6.45, 7) is 3.55. The maximum Gasteiger partial charge on any atom is 0.407 e. The molecule has 0 aliphatic heterocycles. The molecule has 0 saturated carbocycles. The Balaban J connectivity index is 1.87. The number of Topliss-reactive ketones (excluding diaryl/α,β-unsaturated/α-hetero) is 2. The van der Waals surface area contributed by atoms with Gasteiger partial charge >= 0.3 is 6.09 Å². The number of phenolic OH excluding ortho intramolecular Hbond substituents is 1. The molecule has 0 radical (unpaired) electrons. The minimum absolute atomic E-state index is 0.0796. The van der Waals surface area contributed by atoms with E-state index in [9.17, 15) is 34.5 Å². The predicted molar refractivity (Wildman–Crippen MR) is 150 cm³/mol. The van der Waals surface area contributed by atoms with E-state index in [1.165, 1.54) is 0 Å². The lowest BCUT2D eigenvalue weighted by Gasteiger charge is -2.51. The molecular weight excluding hydrogens is 532 g/mol. The van der Waals surface area contributed by atoms with E-state index in [0.717, 1.165) is 0 Å². The molecule has 0 spiro atoms. The zero-order valence-corrected chi connectivity index (χ0v) is 24.2. The van der Waals surface area contributed by atoms with Gasteiger partial charge in [-0.1, -0.05) is 6.92 Å². The fraction of sp³-hybridized carbons (Fsp3) is 0.517. The number of aliphatic hydroxyl groups is 2. The number of carbonyl (C=O) groups is 4. The number of rotatable bonds is 7. The molecule has 0 bridgehead atoms. The number of hydrogen-bond donors (Lipinski definition) is 5. The summed E-state index contributed by atoms with van der Waals surface area (Å²) in [6, 6.07) is 1.07. The minimum Gasteiger partial charge on any atom is -0.508 e. The first kappa shape index (κ1) is 30.1. The van der Waals surface area contributed by atoms with Crippen LogP contribution < -0.4 is 16.0 Å². The second-order valence-corrected chi connectivity index (χ2v) is 11.4. The van der Waals surface area contributed by atoms with Crippen LogP contribution in [0.25, 0.3) is 0 Å². The number of likely N-dealkylation sites (N-methyl/N-ethyl adjacent to an activating group) is 1. The monoisotopic (exact) mass is 570 g/mol. The summed E-state index contributed by atoms with van der Waals surface area (Å²) in [5, 5.41) is 37.2. The van der Waals surface area contributed by atoms with E-state index in [1.807, 2.05) is 6.92 Å². The number of aliphatic hydroxyl groups excluding tert-OH is 1. The Labute approximate surface area is 238 Å². The molecule has 6 N–H and O–H groups in total. The van der Waals surface area contributed by atoms with E-state index in [0.29, 0.717) is 23.2 Å². The Morgan fingerprint density at radius 1 is 1.20 bits per heavy atom. The largest absolute Gasteiger partial charge is 0.508 e. The summed E-state index contributed by atoms with van der Waals surface area (Å²) in [7, 11) is 7.04. The van der Waals surface area contributed by atoms with Gasteiger partial charge in [0.1, 0.15) is 11.5 Å². The van der Waals surface area contributed by atoms with Crippen LogP contribution >= 0.6 is 0 Å². The number of carbonyl (C=O) groups excluding carboxylic acids is 4. The van der Waals surface area contributed by atoms with Crippen LogP contribution in [0.5, 0.6) is 5.75 Å². The van der Waals surface area contributed by atoms with Crippen LogP contribution in [0.1, 0.15) is 48.2 Å². The number of phenols is 1. The lowest BCUT2D eigenvalue weighted by molar-refractivity contribution is -0.146. The van der Waals surface area contributed by atoms with Crippen molar-refractivity contribution in [3.05, 3.63) is 45.2 Å². The maximum atomic E-state index is 14.1. The molecule has 0 heterocycles. The van der Waals surface area contributed by atoms with Gasteiger partial charge in [0.25, 0.3) is 5.91 Å². The average molecular weight is 571 g/mol. The van der Waals surface area contributed by atoms with E-state index >= 15 is 0 Å². The third kappa shape index (κ3) is 4.64. The van der Waals surface area contributed by atoms with Crippen LogP contribution in [0.2, 0.25) is 0 Å². The molecule has 0 saturated heterocycles. The van der Waals surface area contributed by atoms with Gasteiger partial charge in [0.2, 0.25) is 5.78 Å². The standard InChI is InChI=1S/C29H38N4O8/c1-7-8-41-28(39)31-12-15-11-18(32(3)4)16-9-14-10-17-22(33(5)6)13(2)19(27(30)38)25(36)29(17,40)26(37)20(14)24(35)21(16)23(15)34/h11,14,17,22,34,37,40H,7-10,12H2,1-6H3,(H2,30,38)(H,31,39)/t14-,17-,22+,29+/m0/s1. The summed E-state index contributed by atoms with van der Waals surface area (Å²) in [5.74, 6) is -5.47. The highest BCUT2D eigenvalue weighted by atomic mass is 16.5. The lowest BCUT2D eigenvalue weighted by atomic mass is 9.57. The highest BCUT2D eigenvalue weighted by Gasteiger charge is 2.62. The molecule has 1 aromatic carbocycles. The van der Waals surface area contributed by atoms with E-state index in [2.05, 4.69) is 5.32 Å². The van der Waals surface area contributed by atoms with Crippen molar-refractivity contribution in [3.8, 4) is 5.75 Å². The van der Waals surface area contributed by atoms with Gasteiger partial charge in [-0.05, 0) is 63.4 Å². The molecule has 3 aliphatic rings. The van der Waals surface area contributed by atoms with Crippen LogP contribution in [0.4, 0.5) is 10.5 Å². The molecule has 41 heavy (non-hydrogen) atoms. The van der Waals surface area contributed by atoms with Gasteiger partial charge in [-0.3, -0.25) is 14.4 Å². The quantitative estimate of drug-likeness (QED) is 0.300. The van der Waals surface area contributed by atoms with Gasteiger partial charge in [-0.15, -0.1) is 0 Å². The van der Waals surface area contributed by atoms with Crippen LogP contribution in [0.3, 0.4) is 0 Å². The van der Waals surface area contributed by atoms with Crippen LogP contribution in [0, 0.1) is 11.8 Å². The van der Waals surface area contributed by atoms with Gasteiger partial charge in [-0.25, -0.2) is 4.79 Å². The third-order valence-electron chi connectivity index (χ3n) is 8.42. The zero-order valence-electron chi connectivity index (χ0n) is 24.2. The van der Waals surface area contributed by atoms with Crippen LogP contribution in [0.15, 0.2) is 28.5 Å². The number of primary amides is 1. The summed E-state index contributed by atoms with van der Waals surface area (Å²) in [4.78, 5) is 55.5. The summed E-state index contributed by atoms with van der Waals surface area (Å²) in [6.07, 6.45) is 0.347. The highest BCUT2D eigenvalue weighted by molar-refractivity contribution is 6.25. The molecule has 12 nitrogen and oxygen atoms in total. The summed E-state index contributed by atoms with van der Waals surface area (Å²) < 4.78 is 5.03. The number of aromatic hydroxyl groups is 1. The van der Waals surface area contributed by atoms with Crippen molar-refractivity contribution in [2.24, 2.45) is 17.6 Å². The van der Waals surface area contributed by atoms with Gasteiger partial charge < -0.3 is 40.9 Å². The Hall–Kier alpha value is -3.90. The molecule has 2 amide bonds. The zero-order chi connectivity index (χ0) is 30.5. The molecule has 0 unspecified atom stereocenters. The number of anilines is 1. The molecular formula is C29H38N4O8. The first-order valence-corrected chi connectivity index (χ1v) is 13.6. The molecule has 3 aliphatic carbocycles. The van der Waals surface area contributed by atoms with Crippen molar-refractivity contribution in [1.82, 2.24) is 10.2 Å². The van der Waals surface area contributed by atoms with Crippen molar-refractivity contribution in [2.45, 2.75) is 51.3 Å². The van der Waals surface area contributed by atoms with Crippen LogP contribution in [-0.4, -0.2) is 90.2 Å². The predicted octanol–water partition coefficient (Wildman–Crippen LogP) is 1.33. The lowest BCUT2D eigenvalue weighted by Crippen LogP contribution is -2.63. The van der Waals surface area contributed by atoms with Crippen LogP contribution in [-0.2, 0) is 27.3 Å². The Morgan fingerprint density at radius 3 is 2.41 bits per heavy atom. The number of amides is 2. The Morgan fingerprint density at radius 2 is 1.85 bits per heavy atom. The smallest absolute Gasteiger partial charge is 0.407 e. The van der Waals surface area contributed by atoms with Crippen molar-refractivity contribution < 1.29 is 39.2 Å². The summed E-state index contributed by atoms with van der Waals surface area (Å²) >= 11 is 0. The molecule has 0 aromatic heterocycles. The topological polar surface area (TPSA) is 183 Å². The number of nitrogens with two attached hydrogens (primary N) is 1. The number of ketones is 2. The SMILES string of the molecule is CCCOC(=O)NCc1cc(N(C)C)c2c(c1O)C(=O)C1=C(O)[C@]3(O)C(=O)C(C(N)=O)=C(C)[C@@H](N(C)C)[C@@H]3C[C@@H]1C2. The number of nitrogens with zero attached hydrogens (tertiary/aromatic N) is 2. The first-order chi connectivity index (χ1) is 19.2. The van der Waals surface area contributed by atoms with Crippen molar-refractivity contribution in [2.75, 3.05) is 39.7 Å². The van der Waals surface area contributed by atoms with Gasteiger partial charge in [0.05, 0.1) is 17.7 Å².